The first kappa shape index (κ1) is 17.8. The number of rotatable bonds is 7. The van der Waals surface area contributed by atoms with E-state index in [0.717, 1.165) is 64.3 Å². The fourth-order valence-electron chi connectivity index (χ4n) is 2.97. The summed E-state index contributed by atoms with van der Waals surface area (Å²) in [7, 11) is 1.75. The van der Waals surface area contributed by atoms with Crippen LogP contribution in [0.5, 0.6) is 0 Å². The molecule has 24 heavy (non-hydrogen) atoms. The second-order valence-electron chi connectivity index (χ2n) is 5.92. The quantitative estimate of drug-likeness (QED) is 0.439. The molecule has 3 rings (SSSR count). The smallest absolute Gasteiger partial charge is 0.184 e. The summed E-state index contributed by atoms with van der Waals surface area (Å²) in [4.78, 5) is 4.53. The van der Waals surface area contributed by atoms with Crippen LogP contribution >= 0.6 is 23.5 Å². The summed E-state index contributed by atoms with van der Waals surface area (Å²) in [5.41, 5.74) is 3.80. The zero-order chi connectivity index (χ0) is 16.9. The largest absolute Gasteiger partial charge is 0.359 e. The van der Waals surface area contributed by atoms with Gasteiger partial charge >= 0.3 is 0 Å². The zero-order valence-corrected chi connectivity index (χ0v) is 15.1. The van der Waals surface area contributed by atoms with Gasteiger partial charge in [0.05, 0.1) is 22.4 Å². The molecule has 1 aromatic carbocycles. The summed E-state index contributed by atoms with van der Waals surface area (Å²) in [6.07, 6.45) is 4.34. The van der Waals surface area contributed by atoms with E-state index >= 15 is 0 Å². The summed E-state index contributed by atoms with van der Waals surface area (Å²) in [6, 6.07) is 5.10. The van der Waals surface area contributed by atoms with Crippen molar-refractivity contribution in [2.24, 2.45) is 5.92 Å². The number of benzene rings is 1. The Morgan fingerprint density at radius 3 is 2.92 bits per heavy atom. The standard InChI is InChI=1S/C15H22FN5OS2/c1-17-24-21(22)18-9-10-2-5-12(6-3-10)19-15-20-13-7-4-11(16)8-14(13)23-15/h4,7-8,10,12,17-18,22H,2-3,5-6,9H2,1H3,(H,19,20). The molecule has 132 valence electrons. The summed E-state index contributed by atoms with van der Waals surface area (Å²) >= 11 is 2.61. The third kappa shape index (κ3) is 4.78. The Labute approximate surface area is 149 Å². The van der Waals surface area contributed by atoms with Gasteiger partial charge in [0, 0.05) is 12.6 Å². The van der Waals surface area contributed by atoms with E-state index < -0.39 is 0 Å². The molecular formula is C15H22FN5OS2. The molecule has 0 bridgehead atoms. The molecule has 9 heteroatoms. The van der Waals surface area contributed by atoms with Crippen LogP contribution in [0.4, 0.5) is 9.52 Å². The minimum atomic E-state index is -0.222. The molecule has 6 nitrogen and oxygen atoms in total. The molecule has 0 aliphatic heterocycles. The van der Waals surface area contributed by atoms with Gasteiger partial charge in [0.1, 0.15) is 5.82 Å². The molecule has 0 unspecified atom stereocenters. The fraction of sp³-hybridized carbons (Fsp3) is 0.533. The van der Waals surface area contributed by atoms with Gasteiger partial charge in [-0.1, -0.05) is 15.9 Å². The maximum Gasteiger partial charge on any atom is 0.184 e. The number of hydrazine groups is 1. The third-order valence-corrected chi connectivity index (χ3v) is 5.65. The third-order valence-electron chi connectivity index (χ3n) is 4.22. The molecule has 1 saturated carbocycles. The monoisotopic (exact) mass is 371 g/mol. The highest BCUT2D eigenvalue weighted by molar-refractivity contribution is 7.94. The lowest BCUT2D eigenvalue weighted by Crippen LogP contribution is -2.37. The van der Waals surface area contributed by atoms with Crippen molar-refractivity contribution in [3.05, 3.63) is 24.0 Å². The first-order valence-electron chi connectivity index (χ1n) is 8.03. The lowest BCUT2D eigenvalue weighted by atomic mass is 9.86. The minimum absolute atomic E-state index is 0.222. The Morgan fingerprint density at radius 1 is 1.38 bits per heavy atom. The second kappa shape index (κ2) is 8.41. The SMILES string of the molecule is CNSN(O)NCC1CCC(Nc2nc3ccc(F)cc3s2)CC1. The van der Waals surface area contributed by atoms with Gasteiger partial charge in [0.2, 0.25) is 0 Å². The van der Waals surface area contributed by atoms with Gasteiger partial charge in [-0.25, -0.2) is 14.8 Å². The van der Waals surface area contributed by atoms with Crippen molar-refractivity contribution in [3.8, 4) is 0 Å². The number of nitrogens with zero attached hydrogens (tertiary/aromatic N) is 2. The summed E-state index contributed by atoms with van der Waals surface area (Å²) in [5.74, 6) is 0.333. The van der Waals surface area contributed by atoms with Gasteiger partial charge in [-0.3, -0.25) is 9.93 Å². The van der Waals surface area contributed by atoms with Crippen LogP contribution in [-0.4, -0.2) is 34.4 Å². The van der Waals surface area contributed by atoms with Crippen molar-refractivity contribution in [2.45, 2.75) is 31.7 Å². The Morgan fingerprint density at radius 2 is 2.17 bits per heavy atom. The van der Waals surface area contributed by atoms with Crippen molar-refractivity contribution in [1.82, 2.24) is 19.7 Å². The highest BCUT2D eigenvalue weighted by Crippen LogP contribution is 2.30. The van der Waals surface area contributed by atoms with Gasteiger partial charge in [0.25, 0.3) is 0 Å². The van der Waals surface area contributed by atoms with Crippen molar-refractivity contribution < 1.29 is 9.60 Å². The first-order valence-corrected chi connectivity index (χ1v) is 9.62. The Hall–Kier alpha value is -0.970. The summed E-state index contributed by atoms with van der Waals surface area (Å²) in [5, 5.41) is 13.8. The number of hydrogen-bond acceptors (Lipinski definition) is 8. The lowest BCUT2D eigenvalue weighted by molar-refractivity contribution is -0.0376. The minimum Gasteiger partial charge on any atom is -0.359 e. The van der Waals surface area contributed by atoms with Gasteiger partial charge in [-0.05, 0) is 56.8 Å². The number of halogens is 1. The number of hydrogen-bond donors (Lipinski definition) is 4. The Bertz CT molecular complexity index is 662. The molecule has 1 fully saturated rings. The zero-order valence-electron chi connectivity index (χ0n) is 13.5. The predicted octanol–water partition coefficient (Wildman–Crippen LogP) is 3.38. The number of fused-ring (bicyclic) bond motifs is 1. The van der Waals surface area contributed by atoms with Gasteiger partial charge in [-0.2, -0.15) is 0 Å². The van der Waals surface area contributed by atoms with Crippen molar-refractivity contribution in [1.29, 1.82) is 0 Å². The van der Waals surface area contributed by atoms with Crippen LogP contribution in [0.2, 0.25) is 0 Å². The van der Waals surface area contributed by atoms with Crippen LogP contribution < -0.4 is 15.5 Å². The molecule has 4 N–H and O–H groups in total. The van der Waals surface area contributed by atoms with E-state index in [2.05, 4.69) is 20.4 Å². The first-order chi connectivity index (χ1) is 11.6. The van der Waals surface area contributed by atoms with Gasteiger partial charge < -0.3 is 5.32 Å². The summed E-state index contributed by atoms with van der Waals surface area (Å²) in [6.45, 7) is 0.762. The molecule has 0 atom stereocenters. The molecular weight excluding hydrogens is 349 g/mol. The van der Waals surface area contributed by atoms with Crippen LogP contribution in [0.25, 0.3) is 10.2 Å². The fourth-order valence-corrected chi connectivity index (χ4v) is 4.25. The molecule has 1 aromatic heterocycles. The van der Waals surface area contributed by atoms with Crippen molar-refractivity contribution in [3.63, 3.8) is 0 Å². The average molecular weight is 372 g/mol. The van der Waals surface area contributed by atoms with Crippen LogP contribution in [0.15, 0.2) is 18.2 Å². The van der Waals surface area contributed by atoms with E-state index in [-0.39, 0.29) is 5.82 Å². The maximum absolute atomic E-state index is 13.3. The number of aromatic nitrogens is 1. The molecule has 0 spiro atoms. The Balaban J connectivity index is 1.46. The maximum atomic E-state index is 13.3. The molecule has 0 radical (unpaired) electrons. The normalized spacial score (nSPS) is 21.5. The van der Waals surface area contributed by atoms with Crippen LogP contribution in [-0.2, 0) is 0 Å². The summed E-state index contributed by atoms with van der Waals surface area (Å²) < 4.78 is 17.9. The van der Waals surface area contributed by atoms with Crippen LogP contribution in [0, 0.1) is 11.7 Å². The second-order valence-corrected chi connectivity index (χ2v) is 7.89. The highest BCUT2D eigenvalue weighted by Gasteiger charge is 2.22. The molecule has 1 aliphatic carbocycles. The van der Waals surface area contributed by atoms with Crippen LogP contribution in [0.3, 0.4) is 0 Å². The lowest BCUT2D eigenvalue weighted by Gasteiger charge is -2.29. The van der Waals surface area contributed by atoms with E-state index in [0.29, 0.717) is 12.0 Å². The number of thiazole rings is 1. The molecule has 1 aliphatic rings. The Kier molecular flexibility index (Phi) is 6.25. The van der Waals surface area contributed by atoms with Crippen molar-refractivity contribution in [2.75, 3.05) is 18.9 Å². The van der Waals surface area contributed by atoms with Crippen molar-refractivity contribution >= 4 is 38.8 Å². The number of anilines is 1. The highest BCUT2D eigenvalue weighted by atomic mass is 32.2. The molecule has 2 aromatic rings. The van der Waals surface area contributed by atoms with Crippen LogP contribution in [0.1, 0.15) is 25.7 Å². The van der Waals surface area contributed by atoms with E-state index in [4.69, 9.17) is 0 Å². The topological polar surface area (TPSA) is 72.5 Å². The average Bonchev–Trinajstić information content (AvgIpc) is 2.96. The van der Waals surface area contributed by atoms with E-state index in [1.807, 2.05) is 0 Å². The van der Waals surface area contributed by atoms with E-state index in [9.17, 15) is 9.60 Å². The van der Waals surface area contributed by atoms with Gasteiger partial charge in [-0.15, -0.1) is 0 Å². The molecule has 0 saturated heterocycles. The predicted molar refractivity (Wildman–Crippen MR) is 97.2 cm³/mol. The number of nitrogens with one attached hydrogen (secondary N) is 3. The van der Waals surface area contributed by atoms with Gasteiger partial charge in [0.15, 0.2) is 5.13 Å². The molecule has 1 heterocycles. The van der Waals surface area contributed by atoms with E-state index in [1.54, 1.807) is 13.1 Å². The molecule has 0 amide bonds. The van der Waals surface area contributed by atoms with E-state index in [1.165, 1.54) is 23.5 Å².